The third kappa shape index (κ3) is 2.69. The number of hydrogen-bond donors (Lipinski definition) is 2. The van der Waals surface area contributed by atoms with Crippen LogP contribution in [0.1, 0.15) is 16.8 Å². The number of hydrogen-bond acceptors (Lipinski definition) is 5. The average molecular weight is 272 g/mol. The van der Waals surface area contributed by atoms with Crippen molar-refractivity contribution in [3.63, 3.8) is 0 Å². The SMILES string of the molecule is OC(Cc1nc(-c2ccccc2)cs1)c1cn[nH]n1. The molecule has 2 heterocycles. The lowest BCUT2D eigenvalue weighted by molar-refractivity contribution is 0.173. The molecule has 5 nitrogen and oxygen atoms in total. The van der Waals surface area contributed by atoms with Gasteiger partial charge >= 0.3 is 0 Å². The largest absolute Gasteiger partial charge is 0.386 e. The Hall–Kier alpha value is -2.05. The van der Waals surface area contributed by atoms with E-state index in [1.807, 2.05) is 35.7 Å². The Bertz CT molecular complexity index is 636. The molecule has 0 aliphatic heterocycles. The predicted octanol–water partition coefficient (Wildman–Crippen LogP) is 2.20. The van der Waals surface area contributed by atoms with E-state index in [0.717, 1.165) is 16.3 Å². The molecule has 2 aromatic heterocycles. The number of aliphatic hydroxyl groups excluding tert-OH is 1. The van der Waals surface area contributed by atoms with Crippen LogP contribution in [0.5, 0.6) is 0 Å². The van der Waals surface area contributed by atoms with Crippen molar-refractivity contribution in [3.8, 4) is 11.3 Å². The van der Waals surface area contributed by atoms with Gasteiger partial charge in [0.15, 0.2) is 0 Å². The van der Waals surface area contributed by atoms with Crippen molar-refractivity contribution in [2.75, 3.05) is 0 Å². The average Bonchev–Trinajstić information content (AvgIpc) is 3.11. The number of aromatic nitrogens is 4. The Labute approximate surface area is 114 Å². The van der Waals surface area contributed by atoms with Gasteiger partial charge in [0.25, 0.3) is 0 Å². The van der Waals surface area contributed by atoms with E-state index in [2.05, 4.69) is 20.4 Å². The molecule has 96 valence electrons. The highest BCUT2D eigenvalue weighted by molar-refractivity contribution is 7.09. The van der Waals surface area contributed by atoms with Crippen molar-refractivity contribution in [1.29, 1.82) is 0 Å². The lowest BCUT2D eigenvalue weighted by Gasteiger charge is -2.03. The molecule has 1 unspecified atom stereocenters. The number of aliphatic hydroxyl groups is 1. The monoisotopic (exact) mass is 272 g/mol. The molecule has 3 aromatic rings. The van der Waals surface area contributed by atoms with Gasteiger partial charge in [-0.25, -0.2) is 4.98 Å². The summed E-state index contributed by atoms with van der Waals surface area (Å²) in [6.45, 7) is 0. The van der Waals surface area contributed by atoms with Crippen LogP contribution >= 0.6 is 11.3 Å². The van der Waals surface area contributed by atoms with Gasteiger partial charge in [-0.1, -0.05) is 30.3 Å². The fourth-order valence-electron chi connectivity index (χ4n) is 1.79. The third-order valence-electron chi connectivity index (χ3n) is 2.76. The van der Waals surface area contributed by atoms with Crippen molar-refractivity contribution in [2.24, 2.45) is 0 Å². The van der Waals surface area contributed by atoms with E-state index in [9.17, 15) is 5.11 Å². The first-order valence-corrected chi connectivity index (χ1v) is 6.74. The number of nitrogens with zero attached hydrogens (tertiary/aromatic N) is 3. The molecule has 0 fully saturated rings. The first kappa shape index (κ1) is 12.0. The van der Waals surface area contributed by atoms with Crippen molar-refractivity contribution >= 4 is 11.3 Å². The summed E-state index contributed by atoms with van der Waals surface area (Å²) in [5, 5.41) is 22.9. The normalized spacial score (nSPS) is 12.5. The zero-order valence-electron chi connectivity index (χ0n) is 10.0. The van der Waals surface area contributed by atoms with Crippen LogP contribution in [0, 0.1) is 0 Å². The van der Waals surface area contributed by atoms with E-state index in [4.69, 9.17) is 0 Å². The van der Waals surface area contributed by atoms with Gasteiger partial charge in [-0.15, -0.1) is 11.3 Å². The highest BCUT2D eigenvalue weighted by Gasteiger charge is 2.14. The van der Waals surface area contributed by atoms with Crippen LogP contribution in [0.15, 0.2) is 41.9 Å². The third-order valence-corrected chi connectivity index (χ3v) is 3.64. The summed E-state index contributed by atoms with van der Waals surface area (Å²) in [6.07, 6.45) is 1.30. The van der Waals surface area contributed by atoms with Crippen molar-refractivity contribution in [3.05, 3.63) is 52.6 Å². The van der Waals surface area contributed by atoms with Crippen LogP contribution in [-0.2, 0) is 6.42 Å². The maximum Gasteiger partial charge on any atom is 0.111 e. The molecular formula is C13H12N4OS. The number of benzene rings is 1. The van der Waals surface area contributed by atoms with Gasteiger partial charge in [-0.05, 0) is 0 Å². The maximum atomic E-state index is 9.99. The van der Waals surface area contributed by atoms with Gasteiger partial charge in [0, 0.05) is 17.4 Å². The predicted molar refractivity (Wildman–Crippen MR) is 72.6 cm³/mol. The minimum atomic E-state index is -0.673. The van der Waals surface area contributed by atoms with Gasteiger partial charge in [-0.3, -0.25) is 0 Å². The Morgan fingerprint density at radius 3 is 2.84 bits per heavy atom. The molecule has 19 heavy (non-hydrogen) atoms. The first-order chi connectivity index (χ1) is 9.33. The van der Waals surface area contributed by atoms with E-state index in [0.29, 0.717) is 12.1 Å². The van der Waals surface area contributed by atoms with E-state index in [1.165, 1.54) is 6.20 Å². The molecule has 0 radical (unpaired) electrons. The van der Waals surface area contributed by atoms with Crippen molar-refractivity contribution in [1.82, 2.24) is 20.4 Å². The second-order valence-electron chi connectivity index (χ2n) is 4.11. The van der Waals surface area contributed by atoms with Crippen molar-refractivity contribution < 1.29 is 5.11 Å². The molecule has 3 rings (SSSR count). The molecule has 0 amide bonds. The van der Waals surface area contributed by atoms with E-state index in [1.54, 1.807) is 11.3 Å². The second-order valence-corrected chi connectivity index (χ2v) is 5.05. The zero-order valence-corrected chi connectivity index (χ0v) is 10.8. The van der Waals surface area contributed by atoms with Crippen molar-refractivity contribution in [2.45, 2.75) is 12.5 Å². The Balaban J connectivity index is 1.75. The Morgan fingerprint density at radius 1 is 1.26 bits per heavy atom. The second kappa shape index (κ2) is 5.29. The molecule has 0 aliphatic rings. The fourth-order valence-corrected chi connectivity index (χ4v) is 2.63. The summed E-state index contributed by atoms with van der Waals surface area (Å²) in [5.41, 5.74) is 2.56. The molecule has 0 spiro atoms. The van der Waals surface area contributed by atoms with Gasteiger partial charge < -0.3 is 5.11 Å². The van der Waals surface area contributed by atoms with Gasteiger partial charge in [0.1, 0.15) is 11.8 Å². The number of rotatable bonds is 4. The highest BCUT2D eigenvalue weighted by atomic mass is 32.1. The maximum absolute atomic E-state index is 9.99. The molecule has 0 saturated carbocycles. The minimum absolute atomic E-state index is 0.448. The highest BCUT2D eigenvalue weighted by Crippen LogP contribution is 2.24. The van der Waals surface area contributed by atoms with Crippen LogP contribution in [-0.4, -0.2) is 25.5 Å². The van der Waals surface area contributed by atoms with Crippen LogP contribution in [0.3, 0.4) is 0 Å². The molecule has 1 aromatic carbocycles. The number of H-pyrrole nitrogens is 1. The summed E-state index contributed by atoms with van der Waals surface area (Å²) in [4.78, 5) is 4.53. The lowest BCUT2D eigenvalue weighted by atomic mass is 10.2. The van der Waals surface area contributed by atoms with Crippen LogP contribution in [0.2, 0.25) is 0 Å². The fraction of sp³-hybridized carbons (Fsp3) is 0.154. The summed E-state index contributed by atoms with van der Waals surface area (Å²) in [5.74, 6) is 0. The summed E-state index contributed by atoms with van der Waals surface area (Å²) in [6, 6.07) is 9.99. The Kier molecular flexibility index (Phi) is 3.35. The van der Waals surface area contributed by atoms with Crippen LogP contribution in [0.4, 0.5) is 0 Å². The molecule has 1 atom stereocenters. The molecular weight excluding hydrogens is 260 g/mol. The quantitative estimate of drug-likeness (QED) is 0.763. The molecule has 0 bridgehead atoms. The smallest absolute Gasteiger partial charge is 0.111 e. The topological polar surface area (TPSA) is 74.7 Å². The number of nitrogens with one attached hydrogen (secondary N) is 1. The summed E-state index contributed by atoms with van der Waals surface area (Å²) >= 11 is 1.54. The molecule has 2 N–H and O–H groups in total. The van der Waals surface area contributed by atoms with Gasteiger partial charge in [-0.2, -0.15) is 15.4 Å². The van der Waals surface area contributed by atoms with E-state index >= 15 is 0 Å². The number of thiazole rings is 1. The molecule has 6 heteroatoms. The zero-order chi connectivity index (χ0) is 13.1. The summed E-state index contributed by atoms with van der Waals surface area (Å²) in [7, 11) is 0. The van der Waals surface area contributed by atoms with Crippen LogP contribution < -0.4 is 0 Å². The number of aromatic amines is 1. The van der Waals surface area contributed by atoms with E-state index < -0.39 is 6.10 Å². The lowest BCUT2D eigenvalue weighted by Crippen LogP contribution is -2.02. The first-order valence-electron chi connectivity index (χ1n) is 5.86. The Morgan fingerprint density at radius 2 is 2.11 bits per heavy atom. The van der Waals surface area contributed by atoms with E-state index in [-0.39, 0.29) is 0 Å². The standard InChI is InChI=1S/C13H12N4OS/c18-12(10-7-14-17-16-10)6-13-15-11(8-19-13)9-4-2-1-3-5-9/h1-5,7-8,12,18H,6H2,(H,14,16,17). The molecule has 0 saturated heterocycles. The summed E-state index contributed by atoms with van der Waals surface area (Å²) < 4.78 is 0. The van der Waals surface area contributed by atoms with Gasteiger partial charge in [0.05, 0.1) is 16.9 Å². The van der Waals surface area contributed by atoms with Crippen LogP contribution in [0.25, 0.3) is 11.3 Å². The molecule has 0 aliphatic carbocycles. The van der Waals surface area contributed by atoms with Gasteiger partial charge in [0.2, 0.25) is 0 Å². The minimum Gasteiger partial charge on any atom is -0.386 e.